The van der Waals surface area contributed by atoms with Crippen molar-refractivity contribution in [3.63, 3.8) is 0 Å². The van der Waals surface area contributed by atoms with Gasteiger partial charge in [0, 0.05) is 41.1 Å². The van der Waals surface area contributed by atoms with Crippen molar-refractivity contribution < 1.29 is 9.59 Å². The third-order valence-corrected chi connectivity index (χ3v) is 6.17. The third-order valence-electron chi connectivity index (χ3n) is 5.93. The Bertz CT molecular complexity index is 1040. The van der Waals surface area contributed by atoms with E-state index in [4.69, 9.17) is 11.6 Å². The first-order chi connectivity index (χ1) is 14.5. The summed E-state index contributed by atoms with van der Waals surface area (Å²) in [7, 11) is 0. The van der Waals surface area contributed by atoms with Gasteiger partial charge in [0.1, 0.15) is 5.69 Å². The van der Waals surface area contributed by atoms with Gasteiger partial charge in [0.25, 0.3) is 5.91 Å². The summed E-state index contributed by atoms with van der Waals surface area (Å²) in [6.45, 7) is 3.71. The number of fused-ring (bicyclic) bond motifs is 1. The number of hydrogen-bond donors (Lipinski definition) is 2. The molecule has 0 spiro atoms. The van der Waals surface area contributed by atoms with Crippen LogP contribution in [0.3, 0.4) is 0 Å². The number of aromatic nitrogens is 2. The predicted octanol–water partition coefficient (Wildman–Crippen LogP) is 4.02. The van der Waals surface area contributed by atoms with Gasteiger partial charge in [0.15, 0.2) is 0 Å². The van der Waals surface area contributed by atoms with Crippen LogP contribution >= 0.6 is 11.6 Å². The van der Waals surface area contributed by atoms with Gasteiger partial charge in [0.05, 0.1) is 12.2 Å². The Hall–Kier alpha value is -2.86. The highest BCUT2D eigenvalue weighted by Gasteiger charge is 2.30. The second kappa shape index (κ2) is 8.88. The van der Waals surface area contributed by atoms with Gasteiger partial charge >= 0.3 is 0 Å². The van der Waals surface area contributed by atoms with Crippen molar-refractivity contribution in [3.8, 4) is 0 Å². The molecule has 0 unspecified atom stereocenters. The minimum atomic E-state index is -0.0961. The second-order valence-corrected chi connectivity index (χ2v) is 8.31. The van der Waals surface area contributed by atoms with E-state index in [1.165, 1.54) is 0 Å². The van der Waals surface area contributed by atoms with E-state index in [0.717, 1.165) is 29.4 Å². The van der Waals surface area contributed by atoms with Crippen LogP contribution in [0.25, 0.3) is 10.9 Å². The highest BCUT2D eigenvalue weighted by atomic mass is 35.5. The lowest BCUT2D eigenvalue weighted by molar-refractivity contribution is -0.126. The molecule has 2 N–H and O–H groups in total. The maximum atomic E-state index is 12.9. The molecule has 0 saturated carbocycles. The number of likely N-dealkylation sites (tertiary alicyclic amines) is 1. The van der Waals surface area contributed by atoms with Crippen LogP contribution < -0.4 is 5.32 Å². The number of amides is 2. The lowest BCUT2D eigenvalue weighted by atomic mass is 9.84. The largest absolute Gasteiger partial charge is 0.351 e. The molecule has 4 rings (SSSR count). The summed E-state index contributed by atoms with van der Waals surface area (Å²) in [6, 6.07) is 13.0. The Morgan fingerprint density at radius 2 is 2.03 bits per heavy atom. The third kappa shape index (κ3) is 4.49. The first-order valence-corrected chi connectivity index (χ1v) is 10.6. The molecule has 1 aromatic carbocycles. The van der Waals surface area contributed by atoms with E-state index in [2.05, 4.69) is 15.3 Å². The van der Waals surface area contributed by atoms with Crippen molar-refractivity contribution in [2.75, 3.05) is 13.1 Å². The summed E-state index contributed by atoms with van der Waals surface area (Å²) in [4.78, 5) is 34.7. The minimum Gasteiger partial charge on any atom is -0.351 e. The number of nitrogens with one attached hydrogen (secondary N) is 2. The molecule has 7 heteroatoms. The van der Waals surface area contributed by atoms with Gasteiger partial charge in [-0.1, -0.05) is 24.6 Å². The van der Waals surface area contributed by atoms with Crippen LogP contribution in [0.1, 0.15) is 35.9 Å². The summed E-state index contributed by atoms with van der Waals surface area (Å²) in [5.74, 6) is 0.200. The molecule has 6 nitrogen and oxygen atoms in total. The number of rotatable bonds is 5. The molecular formula is C23H25ClN4O2. The second-order valence-electron chi connectivity index (χ2n) is 7.87. The lowest BCUT2D eigenvalue weighted by Crippen LogP contribution is -2.42. The number of pyridine rings is 1. The molecule has 1 aliphatic rings. The zero-order valence-corrected chi connectivity index (χ0v) is 17.7. The van der Waals surface area contributed by atoms with Crippen molar-refractivity contribution in [1.82, 2.24) is 20.2 Å². The standard InChI is InChI=1S/C23H25ClN4O2/c1-15(22(29)26-14-19-4-2-3-9-25-19)16-7-10-28(11-8-16)23(30)21-13-17-12-18(24)5-6-20(17)27-21/h2-6,9,12-13,15-16,27H,7-8,10-11,14H2,1H3,(H,26,29)/t15-/m1/s1. The maximum absolute atomic E-state index is 12.9. The van der Waals surface area contributed by atoms with Gasteiger partial charge < -0.3 is 15.2 Å². The Kier molecular flexibility index (Phi) is 6.04. The zero-order chi connectivity index (χ0) is 21.1. The molecule has 1 aliphatic heterocycles. The average molecular weight is 425 g/mol. The van der Waals surface area contributed by atoms with Crippen LogP contribution in [-0.4, -0.2) is 39.8 Å². The number of carbonyl (C=O) groups excluding carboxylic acids is 2. The number of carbonyl (C=O) groups is 2. The van der Waals surface area contributed by atoms with Gasteiger partial charge in [-0.3, -0.25) is 14.6 Å². The molecule has 2 amide bonds. The number of piperidine rings is 1. The number of aromatic amines is 1. The number of H-pyrrole nitrogens is 1. The summed E-state index contributed by atoms with van der Waals surface area (Å²) in [5, 5.41) is 4.56. The van der Waals surface area contributed by atoms with Crippen LogP contribution in [-0.2, 0) is 11.3 Å². The molecule has 30 heavy (non-hydrogen) atoms. The predicted molar refractivity (Wildman–Crippen MR) is 117 cm³/mol. The monoisotopic (exact) mass is 424 g/mol. The summed E-state index contributed by atoms with van der Waals surface area (Å²) in [5.41, 5.74) is 2.32. The highest BCUT2D eigenvalue weighted by molar-refractivity contribution is 6.31. The number of hydrogen-bond acceptors (Lipinski definition) is 3. The zero-order valence-electron chi connectivity index (χ0n) is 16.9. The van der Waals surface area contributed by atoms with Gasteiger partial charge in [-0.15, -0.1) is 0 Å². The molecule has 0 bridgehead atoms. The fourth-order valence-corrected chi connectivity index (χ4v) is 4.23. The molecule has 1 atom stereocenters. The van der Waals surface area contributed by atoms with Crippen molar-refractivity contribution in [1.29, 1.82) is 0 Å². The van der Waals surface area contributed by atoms with E-state index in [0.29, 0.717) is 30.4 Å². The van der Waals surface area contributed by atoms with Gasteiger partial charge in [0.2, 0.25) is 5.91 Å². The molecule has 1 fully saturated rings. The van der Waals surface area contributed by atoms with Crippen LogP contribution in [0, 0.1) is 11.8 Å². The molecule has 3 heterocycles. The number of nitrogens with zero attached hydrogens (tertiary/aromatic N) is 2. The molecule has 1 saturated heterocycles. The first-order valence-electron chi connectivity index (χ1n) is 10.3. The van der Waals surface area contributed by atoms with Crippen LogP contribution in [0.5, 0.6) is 0 Å². The fourth-order valence-electron chi connectivity index (χ4n) is 4.05. The molecule has 156 valence electrons. The van der Waals surface area contributed by atoms with E-state index in [1.807, 2.05) is 48.2 Å². The van der Waals surface area contributed by atoms with Gasteiger partial charge in [-0.2, -0.15) is 0 Å². The minimum absolute atomic E-state index is 0.00645. The SMILES string of the molecule is C[C@@H](C(=O)NCc1ccccn1)C1CCN(C(=O)c2cc3cc(Cl)ccc3[nH]2)CC1. The molecule has 3 aromatic rings. The molecule has 0 radical (unpaired) electrons. The van der Waals surface area contributed by atoms with E-state index in [-0.39, 0.29) is 23.7 Å². The lowest BCUT2D eigenvalue weighted by Gasteiger charge is -2.34. The van der Waals surface area contributed by atoms with E-state index in [9.17, 15) is 9.59 Å². The van der Waals surface area contributed by atoms with Crippen molar-refractivity contribution in [2.45, 2.75) is 26.3 Å². The Labute approximate surface area is 180 Å². The first kappa shape index (κ1) is 20.4. The Morgan fingerprint density at radius 1 is 1.23 bits per heavy atom. The molecule has 2 aromatic heterocycles. The smallest absolute Gasteiger partial charge is 0.270 e. The van der Waals surface area contributed by atoms with Gasteiger partial charge in [-0.05, 0) is 55.2 Å². The Morgan fingerprint density at radius 3 is 2.77 bits per heavy atom. The van der Waals surface area contributed by atoms with E-state index < -0.39 is 0 Å². The quantitative estimate of drug-likeness (QED) is 0.649. The average Bonchev–Trinajstić information content (AvgIpc) is 3.20. The van der Waals surface area contributed by atoms with Crippen LogP contribution in [0.4, 0.5) is 0 Å². The van der Waals surface area contributed by atoms with Crippen molar-refractivity contribution >= 4 is 34.3 Å². The summed E-state index contributed by atoms with van der Waals surface area (Å²) in [6.07, 6.45) is 3.35. The summed E-state index contributed by atoms with van der Waals surface area (Å²) >= 11 is 6.04. The Balaban J connectivity index is 1.31. The summed E-state index contributed by atoms with van der Waals surface area (Å²) < 4.78 is 0. The van der Waals surface area contributed by atoms with Gasteiger partial charge in [-0.25, -0.2) is 0 Å². The normalized spacial score (nSPS) is 15.9. The molecule has 0 aliphatic carbocycles. The van der Waals surface area contributed by atoms with Crippen molar-refractivity contribution in [2.24, 2.45) is 11.8 Å². The maximum Gasteiger partial charge on any atom is 0.270 e. The van der Waals surface area contributed by atoms with Crippen LogP contribution in [0.15, 0.2) is 48.7 Å². The van der Waals surface area contributed by atoms with E-state index >= 15 is 0 Å². The van der Waals surface area contributed by atoms with Crippen LogP contribution in [0.2, 0.25) is 5.02 Å². The topological polar surface area (TPSA) is 78.1 Å². The van der Waals surface area contributed by atoms with E-state index in [1.54, 1.807) is 12.3 Å². The van der Waals surface area contributed by atoms with Crippen molar-refractivity contribution in [3.05, 3.63) is 65.1 Å². The number of benzene rings is 1. The fraction of sp³-hybridized carbons (Fsp3) is 0.348. The molecular weight excluding hydrogens is 400 g/mol. The number of halogens is 1. The highest BCUT2D eigenvalue weighted by Crippen LogP contribution is 2.27.